The van der Waals surface area contributed by atoms with Crippen molar-refractivity contribution in [2.75, 3.05) is 5.32 Å². The van der Waals surface area contributed by atoms with Crippen LogP contribution in [0.3, 0.4) is 0 Å². The van der Waals surface area contributed by atoms with Gasteiger partial charge in [0, 0.05) is 17.8 Å². The second kappa shape index (κ2) is 11.1. The van der Waals surface area contributed by atoms with Gasteiger partial charge in [0.15, 0.2) is 0 Å². The molecule has 0 saturated heterocycles. The fraction of sp³-hybridized carbons (Fsp3) is 0.357. The molecule has 0 aliphatic heterocycles. The van der Waals surface area contributed by atoms with Crippen LogP contribution in [0.5, 0.6) is 0 Å². The molecule has 0 bridgehead atoms. The molecule has 1 aromatic carbocycles. The molecule has 1 N–H and O–H groups in total. The van der Waals surface area contributed by atoms with Crippen molar-refractivity contribution in [1.82, 2.24) is 4.57 Å². The van der Waals surface area contributed by atoms with Crippen molar-refractivity contribution >= 4 is 36.2 Å². The Bertz CT molecular complexity index is 590. The zero-order valence-electron chi connectivity index (χ0n) is 12.9. The third-order valence-electron chi connectivity index (χ3n) is 3.20. The Labute approximate surface area is 154 Å². The number of aryl methyl sites for hydroxylation is 1. The Morgan fingerprint density at radius 1 is 1.30 bits per heavy atom. The second-order valence-corrected chi connectivity index (χ2v) is 4.83. The highest BCUT2D eigenvalue weighted by Crippen LogP contribution is 2.17. The summed E-state index contributed by atoms with van der Waals surface area (Å²) in [5, 5.41) is 14.0. The van der Waals surface area contributed by atoms with E-state index in [9.17, 15) is 10.1 Å². The van der Waals surface area contributed by atoms with Crippen LogP contribution in [-0.2, 0) is 13.6 Å². The minimum absolute atomic E-state index is 0. The van der Waals surface area contributed by atoms with E-state index in [4.69, 9.17) is 0 Å². The summed E-state index contributed by atoms with van der Waals surface area (Å²) in [6.07, 6.45) is 7.03. The molecule has 1 heterocycles. The number of halogens is 3. The Balaban J connectivity index is 0. The summed E-state index contributed by atoms with van der Waals surface area (Å²) < 4.78 is 4.12. The van der Waals surface area contributed by atoms with E-state index in [1.165, 1.54) is 12.1 Å². The van der Waals surface area contributed by atoms with Gasteiger partial charge in [0.05, 0.1) is 18.0 Å². The van der Waals surface area contributed by atoms with Crippen molar-refractivity contribution in [1.29, 1.82) is 0 Å². The van der Waals surface area contributed by atoms with E-state index in [0.717, 1.165) is 18.7 Å². The first-order valence-corrected chi connectivity index (χ1v) is 6.60. The quantitative estimate of drug-likeness (QED) is 0.432. The third kappa shape index (κ3) is 7.07. The van der Waals surface area contributed by atoms with E-state index in [-0.39, 0.29) is 53.9 Å². The molecule has 9 heteroatoms. The van der Waals surface area contributed by atoms with Crippen LogP contribution < -0.4 is 22.3 Å². The topological polar surface area (TPSA) is 64.0 Å². The third-order valence-corrected chi connectivity index (χ3v) is 3.20. The zero-order valence-corrected chi connectivity index (χ0v) is 15.3. The number of imidazole rings is 1. The van der Waals surface area contributed by atoms with Gasteiger partial charge < -0.3 is 17.7 Å². The number of hydrogen-bond acceptors (Lipinski definition) is 3. The minimum Gasteiger partial charge on any atom is -1.00 e. The van der Waals surface area contributed by atoms with Crippen molar-refractivity contribution in [3.63, 3.8) is 0 Å². The molecule has 1 unspecified atom stereocenters. The number of benzene rings is 1. The molecule has 1 aromatic heterocycles. The van der Waals surface area contributed by atoms with Gasteiger partial charge in [-0.3, -0.25) is 10.1 Å². The van der Waals surface area contributed by atoms with Crippen LogP contribution in [-0.4, -0.2) is 15.5 Å². The maximum Gasteiger partial charge on any atom is 0.269 e. The van der Waals surface area contributed by atoms with E-state index in [2.05, 4.69) is 16.8 Å². The SMILES string of the molecule is CCC(Cn1cc[n+](C)c1)Nc1ccc([N+](=O)[O-])cc1.Cl.Cl.[Cl-]. The number of nitrogens with zero attached hydrogens (tertiary/aromatic N) is 3. The molecule has 2 aromatic rings. The van der Waals surface area contributed by atoms with Crippen LogP contribution in [0.1, 0.15) is 13.3 Å². The number of nitrogens with one attached hydrogen (secondary N) is 1. The number of rotatable bonds is 6. The monoisotopic (exact) mass is 382 g/mol. The molecule has 0 amide bonds. The Morgan fingerprint density at radius 3 is 2.35 bits per heavy atom. The second-order valence-electron chi connectivity index (χ2n) is 4.83. The van der Waals surface area contributed by atoms with Crippen LogP contribution in [0.15, 0.2) is 43.0 Å². The van der Waals surface area contributed by atoms with Crippen LogP contribution in [0.2, 0.25) is 0 Å². The minimum atomic E-state index is -0.388. The van der Waals surface area contributed by atoms with Crippen molar-refractivity contribution in [3.05, 3.63) is 53.1 Å². The highest BCUT2D eigenvalue weighted by atomic mass is 35.5. The molecule has 0 aliphatic rings. The predicted molar refractivity (Wildman–Crippen MR) is 90.9 cm³/mol. The molecule has 23 heavy (non-hydrogen) atoms. The lowest BCUT2D eigenvalue weighted by molar-refractivity contribution is -0.671. The van der Waals surface area contributed by atoms with Gasteiger partial charge in [-0.05, 0) is 18.6 Å². The van der Waals surface area contributed by atoms with Crippen molar-refractivity contribution in [3.8, 4) is 0 Å². The first-order chi connectivity index (χ1) is 9.58. The average molecular weight is 384 g/mol. The maximum absolute atomic E-state index is 10.6. The number of hydrogen-bond donors (Lipinski definition) is 1. The predicted octanol–water partition coefficient (Wildman–Crippen LogP) is -0.0409. The highest BCUT2D eigenvalue weighted by molar-refractivity contribution is 5.85. The van der Waals surface area contributed by atoms with Crippen LogP contribution >= 0.6 is 24.8 Å². The van der Waals surface area contributed by atoms with Crippen molar-refractivity contribution in [2.45, 2.75) is 25.9 Å². The fourth-order valence-electron chi connectivity index (χ4n) is 2.06. The van der Waals surface area contributed by atoms with Crippen LogP contribution in [0, 0.1) is 10.1 Å². The van der Waals surface area contributed by atoms with Gasteiger partial charge in [0.2, 0.25) is 6.33 Å². The molecule has 1 atom stereocenters. The smallest absolute Gasteiger partial charge is 0.269 e. The van der Waals surface area contributed by atoms with Crippen molar-refractivity contribution in [2.24, 2.45) is 7.05 Å². The largest absolute Gasteiger partial charge is 1.00 e. The summed E-state index contributed by atoms with van der Waals surface area (Å²) >= 11 is 0. The molecule has 0 saturated carbocycles. The molecular weight excluding hydrogens is 363 g/mol. The fourth-order valence-corrected chi connectivity index (χ4v) is 2.06. The lowest BCUT2D eigenvalue weighted by atomic mass is 10.2. The molecule has 130 valence electrons. The standard InChI is InChI=1S/C14H19N4O2.3ClH/c1-3-12(10-17-9-8-16(2)11-17)15-13-4-6-14(7-5-13)18(19)20;;;/h4-9,11-12,15H,3,10H2,1-2H3;3*1H/q+1;;;/p-1. The summed E-state index contributed by atoms with van der Waals surface area (Å²) in [5.74, 6) is 0. The van der Waals surface area contributed by atoms with Crippen molar-refractivity contribution < 1.29 is 21.9 Å². The molecule has 0 radical (unpaired) electrons. The Morgan fingerprint density at radius 2 is 1.91 bits per heavy atom. The number of nitro groups is 1. The molecule has 2 rings (SSSR count). The Kier molecular flexibility index (Phi) is 11.5. The normalized spacial score (nSPS) is 10.5. The lowest BCUT2D eigenvalue weighted by Gasteiger charge is -2.16. The lowest BCUT2D eigenvalue weighted by Crippen LogP contribution is -3.00. The first-order valence-electron chi connectivity index (χ1n) is 6.60. The van der Waals surface area contributed by atoms with Gasteiger partial charge in [-0.15, -0.1) is 24.8 Å². The van der Waals surface area contributed by atoms with Gasteiger partial charge >= 0.3 is 0 Å². The van der Waals surface area contributed by atoms with E-state index in [0.29, 0.717) is 0 Å². The van der Waals surface area contributed by atoms with Gasteiger partial charge in [-0.2, -0.15) is 0 Å². The van der Waals surface area contributed by atoms with Gasteiger partial charge in [0.1, 0.15) is 18.9 Å². The van der Waals surface area contributed by atoms with E-state index in [1.54, 1.807) is 12.1 Å². The van der Waals surface area contributed by atoms with Gasteiger partial charge in [-0.1, -0.05) is 6.92 Å². The Hall–Kier alpha value is -1.50. The molecule has 0 spiro atoms. The molecular formula is C14H21Cl3N4O2. The molecule has 6 nitrogen and oxygen atoms in total. The van der Waals surface area contributed by atoms with Gasteiger partial charge in [-0.25, -0.2) is 9.13 Å². The summed E-state index contributed by atoms with van der Waals surface area (Å²) in [6.45, 7) is 2.97. The van der Waals surface area contributed by atoms with Crippen LogP contribution in [0.4, 0.5) is 11.4 Å². The van der Waals surface area contributed by atoms with Crippen LogP contribution in [0.25, 0.3) is 0 Å². The number of non-ortho nitro benzene ring substituents is 1. The van der Waals surface area contributed by atoms with E-state index >= 15 is 0 Å². The van der Waals surface area contributed by atoms with E-state index < -0.39 is 0 Å². The van der Waals surface area contributed by atoms with Gasteiger partial charge in [0.25, 0.3) is 5.69 Å². The first kappa shape index (κ1) is 23.8. The average Bonchev–Trinajstić information content (AvgIpc) is 2.84. The zero-order chi connectivity index (χ0) is 14.5. The molecule has 0 fully saturated rings. The number of anilines is 1. The summed E-state index contributed by atoms with van der Waals surface area (Å²) in [5.41, 5.74) is 1.01. The highest BCUT2D eigenvalue weighted by Gasteiger charge is 2.12. The maximum atomic E-state index is 10.6. The number of aromatic nitrogens is 2. The molecule has 0 aliphatic carbocycles. The van der Waals surface area contributed by atoms with E-state index in [1.807, 2.05) is 30.3 Å². The summed E-state index contributed by atoms with van der Waals surface area (Å²) in [4.78, 5) is 10.2. The summed E-state index contributed by atoms with van der Waals surface area (Å²) in [7, 11) is 1.99. The summed E-state index contributed by atoms with van der Waals surface area (Å²) in [6, 6.07) is 6.81. The number of nitro benzene ring substituents is 1.